The molecule has 0 aliphatic carbocycles. The lowest BCUT2D eigenvalue weighted by Crippen LogP contribution is -2.06. The molecule has 0 saturated heterocycles. The minimum absolute atomic E-state index is 0.618. The van der Waals surface area contributed by atoms with Gasteiger partial charge in [-0.05, 0) is 30.7 Å². The molecular formula is C19H17Cl2N3O. The molecule has 2 heterocycles. The summed E-state index contributed by atoms with van der Waals surface area (Å²) in [4.78, 5) is 0. The molecule has 0 fully saturated rings. The number of methoxy groups -OCH3 is 1. The van der Waals surface area contributed by atoms with Crippen molar-refractivity contribution in [2.45, 2.75) is 12.8 Å². The second-order valence-corrected chi connectivity index (χ2v) is 6.79. The van der Waals surface area contributed by atoms with Crippen LogP contribution in [0.25, 0.3) is 5.69 Å². The van der Waals surface area contributed by atoms with E-state index in [-0.39, 0.29) is 0 Å². The zero-order valence-electron chi connectivity index (χ0n) is 13.7. The second kappa shape index (κ2) is 6.62. The highest BCUT2D eigenvalue weighted by Gasteiger charge is 2.24. The first-order chi connectivity index (χ1) is 12.2. The van der Waals surface area contributed by atoms with Crippen LogP contribution in [0.1, 0.15) is 16.8 Å². The number of hydrogen-bond donors (Lipinski definition) is 1. The molecule has 0 radical (unpaired) electrons. The fourth-order valence-electron chi connectivity index (χ4n) is 3.24. The van der Waals surface area contributed by atoms with Crippen molar-refractivity contribution >= 4 is 29.0 Å². The predicted molar refractivity (Wildman–Crippen MR) is 102 cm³/mol. The van der Waals surface area contributed by atoms with Gasteiger partial charge in [0.2, 0.25) is 0 Å². The maximum absolute atomic E-state index is 6.38. The topological polar surface area (TPSA) is 39.1 Å². The SMILES string of the molecule is COc1ccccc1Cc1nn(-c2cc(Cl)ccc2Cl)c2c1CCN2. The molecule has 0 amide bonds. The third kappa shape index (κ3) is 2.96. The lowest BCUT2D eigenvalue weighted by atomic mass is 10.0. The van der Waals surface area contributed by atoms with Gasteiger partial charge in [0, 0.05) is 29.1 Å². The van der Waals surface area contributed by atoms with Gasteiger partial charge in [-0.3, -0.25) is 0 Å². The molecule has 3 aromatic rings. The number of ether oxygens (including phenoxy) is 1. The number of para-hydroxylation sites is 1. The summed E-state index contributed by atoms with van der Waals surface area (Å²) in [6.45, 7) is 0.893. The number of fused-ring (bicyclic) bond motifs is 1. The molecule has 0 bridgehead atoms. The fraction of sp³-hybridized carbons (Fsp3) is 0.211. The Balaban J connectivity index is 1.79. The largest absolute Gasteiger partial charge is 0.496 e. The van der Waals surface area contributed by atoms with Gasteiger partial charge in [0.05, 0.1) is 23.5 Å². The lowest BCUT2D eigenvalue weighted by Gasteiger charge is -2.09. The molecule has 25 heavy (non-hydrogen) atoms. The Hall–Kier alpha value is -2.17. The first kappa shape index (κ1) is 16.3. The van der Waals surface area contributed by atoms with Crippen LogP contribution in [0.5, 0.6) is 5.75 Å². The Morgan fingerprint density at radius 1 is 1.20 bits per heavy atom. The Morgan fingerprint density at radius 3 is 2.88 bits per heavy atom. The molecule has 1 aromatic heterocycles. The molecule has 1 aliphatic heterocycles. The van der Waals surface area contributed by atoms with Crippen molar-refractivity contribution < 1.29 is 4.74 Å². The van der Waals surface area contributed by atoms with E-state index in [0.29, 0.717) is 16.5 Å². The van der Waals surface area contributed by atoms with Gasteiger partial charge in [-0.1, -0.05) is 41.4 Å². The number of benzene rings is 2. The quantitative estimate of drug-likeness (QED) is 0.717. The number of anilines is 1. The van der Waals surface area contributed by atoms with Crippen molar-refractivity contribution in [1.82, 2.24) is 9.78 Å². The molecule has 0 unspecified atom stereocenters. The fourth-order valence-corrected chi connectivity index (χ4v) is 3.60. The maximum Gasteiger partial charge on any atom is 0.133 e. The summed E-state index contributed by atoms with van der Waals surface area (Å²) in [5.41, 5.74) is 4.15. The third-order valence-electron chi connectivity index (χ3n) is 4.42. The molecule has 1 aliphatic rings. The summed E-state index contributed by atoms with van der Waals surface area (Å²) in [6, 6.07) is 13.4. The van der Waals surface area contributed by atoms with Crippen molar-refractivity contribution in [3.63, 3.8) is 0 Å². The van der Waals surface area contributed by atoms with Gasteiger partial charge in [0.25, 0.3) is 0 Å². The second-order valence-electron chi connectivity index (χ2n) is 5.95. The molecule has 0 saturated carbocycles. The molecule has 6 heteroatoms. The van der Waals surface area contributed by atoms with E-state index in [9.17, 15) is 0 Å². The van der Waals surface area contributed by atoms with Crippen LogP contribution < -0.4 is 10.1 Å². The van der Waals surface area contributed by atoms with Crippen LogP contribution in [0.15, 0.2) is 42.5 Å². The van der Waals surface area contributed by atoms with Gasteiger partial charge >= 0.3 is 0 Å². The smallest absolute Gasteiger partial charge is 0.133 e. The Labute approximate surface area is 156 Å². The number of aromatic nitrogens is 2. The van der Waals surface area contributed by atoms with Crippen LogP contribution in [0.4, 0.5) is 5.82 Å². The van der Waals surface area contributed by atoms with Gasteiger partial charge < -0.3 is 10.1 Å². The number of nitrogens with zero attached hydrogens (tertiary/aromatic N) is 2. The highest BCUT2D eigenvalue weighted by Crippen LogP contribution is 2.34. The summed E-state index contributed by atoms with van der Waals surface area (Å²) in [5, 5.41) is 9.50. The molecular weight excluding hydrogens is 357 g/mol. The van der Waals surface area contributed by atoms with Crippen molar-refractivity contribution in [2.75, 3.05) is 19.0 Å². The summed E-state index contributed by atoms with van der Waals surface area (Å²) in [5.74, 6) is 1.87. The van der Waals surface area contributed by atoms with Crippen LogP contribution in [0.3, 0.4) is 0 Å². The van der Waals surface area contributed by atoms with E-state index in [2.05, 4.69) is 11.4 Å². The van der Waals surface area contributed by atoms with Gasteiger partial charge in [-0.25, -0.2) is 4.68 Å². The highest BCUT2D eigenvalue weighted by atomic mass is 35.5. The van der Waals surface area contributed by atoms with E-state index >= 15 is 0 Å². The van der Waals surface area contributed by atoms with E-state index in [0.717, 1.165) is 41.5 Å². The Morgan fingerprint density at radius 2 is 2.04 bits per heavy atom. The van der Waals surface area contributed by atoms with Gasteiger partial charge in [0.1, 0.15) is 11.6 Å². The standard InChI is InChI=1S/C19H17Cl2N3O/c1-25-18-5-3-2-4-12(18)10-16-14-8-9-22-19(14)24(23-16)17-11-13(20)6-7-15(17)21/h2-7,11,22H,8-10H2,1H3. The van der Waals surface area contributed by atoms with Crippen LogP contribution in [0, 0.1) is 0 Å². The molecule has 128 valence electrons. The zero-order valence-corrected chi connectivity index (χ0v) is 15.2. The zero-order chi connectivity index (χ0) is 17.4. The Bertz CT molecular complexity index is 936. The normalized spacial score (nSPS) is 12.8. The number of halogens is 2. The van der Waals surface area contributed by atoms with Crippen molar-refractivity contribution in [3.05, 3.63) is 69.3 Å². The minimum Gasteiger partial charge on any atom is -0.496 e. The van der Waals surface area contributed by atoms with E-state index in [1.165, 1.54) is 5.56 Å². The molecule has 4 nitrogen and oxygen atoms in total. The molecule has 1 N–H and O–H groups in total. The summed E-state index contributed by atoms with van der Waals surface area (Å²) < 4.78 is 7.34. The molecule has 2 aromatic carbocycles. The highest BCUT2D eigenvalue weighted by molar-refractivity contribution is 6.34. The Kier molecular flexibility index (Phi) is 4.32. The van der Waals surface area contributed by atoms with Crippen molar-refractivity contribution in [2.24, 2.45) is 0 Å². The van der Waals surface area contributed by atoms with E-state index < -0.39 is 0 Å². The molecule has 0 atom stereocenters. The van der Waals surface area contributed by atoms with Crippen LogP contribution in [-0.4, -0.2) is 23.4 Å². The van der Waals surface area contributed by atoms with Crippen molar-refractivity contribution in [3.8, 4) is 11.4 Å². The van der Waals surface area contributed by atoms with Crippen LogP contribution in [0.2, 0.25) is 10.0 Å². The van der Waals surface area contributed by atoms with Gasteiger partial charge in [-0.2, -0.15) is 5.10 Å². The average Bonchev–Trinajstić information content (AvgIpc) is 3.21. The predicted octanol–water partition coefficient (Wildman–Crippen LogP) is 4.75. The van der Waals surface area contributed by atoms with E-state index in [4.69, 9.17) is 33.0 Å². The van der Waals surface area contributed by atoms with Crippen molar-refractivity contribution in [1.29, 1.82) is 0 Å². The lowest BCUT2D eigenvalue weighted by molar-refractivity contribution is 0.410. The monoisotopic (exact) mass is 373 g/mol. The van der Waals surface area contributed by atoms with E-state index in [1.807, 2.05) is 28.9 Å². The summed E-state index contributed by atoms with van der Waals surface area (Å²) in [7, 11) is 1.69. The minimum atomic E-state index is 0.618. The van der Waals surface area contributed by atoms with Gasteiger partial charge in [0.15, 0.2) is 0 Å². The average molecular weight is 374 g/mol. The maximum atomic E-state index is 6.38. The van der Waals surface area contributed by atoms with E-state index in [1.54, 1.807) is 19.2 Å². The van der Waals surface area contributed by atoms with Crippen LogP contribution >= 0.6 is 23.2 Å². The number of rotatable bonds is 4. The first-order valence-electron chi connectivity index (χ1n) is 8.09. The number of nitrogens with one attached hydrogen (secondary N) is 1. The number of hydrogen-bond acceptors (Lipinski definition) is 3. The third-order valence-corrected chi connectivity index (χ3v) is 4.98. The van der Waals surface area contributed by atoms with Crippen LogP contribution in [-0.2, 0) is 12.8 Å². The summed E-state index contributed by atoms with van der Waals surface area (Å²) in [6.07, 6.45) is 1.65. The summed E-state index contributed by atoms with van der Waals surface area (Å²) >= 11 is 12.5. The molecule has 4 rings (SSSR count). The van der Waals surface area contributed by atoms with Gasteiger partial charge in [-0.15, -0.1) is 0 Å². The first-order valence-corrected chi connectivity index (χ1v) is 8.85. The molecule has 0 spiro atoms.